The lowest BCUT2D eigenvalue weighted by Crippen LogP contribution is -2.45. The molecule has 1 aromatic carbocycles. The van der Waals surface area contributed by atoms with Crippen LogP contribution in [0.15, 0.2) is 45.9 Å². The maximum absolute atomic E-state index is 11.9. The van der Waals surface area contributed by atoms with Crippen molar-refractivity contribution in [3.05, 3.63) is 59.0 Å². The fourth-order valence-electron chi connectivity index (χ4n) is 4.36. The highest BCUT2D eigenvalue weighted by Gasteiger charge is 2.26. The molecule has 2 aromatic heterocycles. The topological polar surface area (TPSA) is 124 Å². The number of hydrogen-bond acceptors (Lipinski definition) is 9. The van der Waals surface area contributed by atoms with Crippen LogP contribution < -0.4 is 10.1 Å². The molecule has 10 heteroatoms. The smallest absolute Gasteiger partial charge is 0.345 e. The Kier molecular flexibility index (Phi) is 6.93. The molecule has 0 aliphatic carbocycles. The number of aryl methyl sites for hydroxylation is 1. The third-order valence-corrected chi connectivity index (χ3v) is 6.55. The minimum Gasteiger partial charge on any atom is -0.504 e. The van der Waals surface area contributed by atoms with E-state index in [1.807, 2.05) is 25.1 Å². The number of ether oxygens (including phenoxy) is 1. The molecular formula is C27H29N5O5. The Labute approximate surface area is 214 Å². The highest BCUT2D eigenvalue weighted by Crippen LogP contribution is 2.39. The number of allylic oxidation sites excluding steroid dienone is 1. The van der Waals surface area contributed by atoms with Gasteiger partial charge in [0, 0.05) is 62.0 Å². The zero-order chi connectivity index (χ0) is 25.9. The van der Waals surface area contributed by atoms with Crippen LogP contribution in [-0.2, 0) is 0 Å². The molecule has 0 saturated carbocycles. The van der Waals surface area contributed by atoms with Crippen molar-refractivity contribution in [2.24, 2.45) is 4.99 Å². The first-order valence-corrected chi connectivity index (χ1v) is 12.1. The number of aromatic nitrogens is 1. The van der Waals surface area contributed by atoms with E-state index in [0.29, 0.717) is 23.7 Å². The van der Waals surface area contributed by atoms with Crippen LogP contribution in [0.1, 0.15) is 27.2 Å². The first kappa shape index (κ1) is 24.5. The van der Waals surface area contributed by atoms with Crippen molar-refractivity contribution in [1.82, 2.24) is 14.8 Å². The minimum atomic E-state index is -1.31. The number of likely N-dealkylation sites (N-methyl/N-ethyl adjacent to an activating group) is 1. The second-order valence-electron chi connectivity index (χ2n) is 9.15. The van der Waals surface area contributed by atoms with E-state index < -0.39 is 11.7 Å². The fourth-order valence-corrected chi connectivity index (χ4v) is 4.36. The summed E-state index contributed by atoms with van der Waals surface area (Å²) in [6, 6.07) is 9.13. The first-order valence-electron chi connectivity index (χ1n) is 12.1. The maximum Gasteiger partial charge on any atom is 0.345 e. The number of pyridine rings is 1. The van der Waals surface area contributed by atoms with Gasteiger partial charge in [0.2, 0.25) is 5.88 Å². The summed E-state index contributed by atoms with van der Waals surface area (Å²) in [6.07, 6.45) is 4.79. The van der Waals surface area contributed by atoms with Crippen molar-refractivity contribution < 1.29 is 24.2 Å². The van der Waals surface area contributed by atoms with Gasteiger partial charge in [-0.15, -0.1) is 0 Å². The van der Waals surface area contributed by atoms with Crippen molar-refractivity contribution >= 4 is 41.2 Å². The molecule has 0 unspecified atom stereocenters. The second kappa shape index (κ2) is 10.5. The van der Waals surface area contributed by atoms with E-state index in [2.05, 4.69) is 32.1 Å². The van der Waals surface area contributed by atoms with Gasteiger partial charge in [-0.1, -0.05) is 0 Å². The van der Waals surface area contributed by atoms with Crippen LogP contribution in [0.3, 0.4) is 0 Å². The lowest BCUT2D eigenvalue weighted by Gasteiger charge is -2.32. The molecule has 0 radical (unpaired) electrons. The zero-order valence-electron chi connectivity index (χ0n) is 20.8. The molecule has 0 atom stereocenters. The quantitative estimate of drug-likeness (QED) is 0.418. The summed E-state index contributed by atoms with van der Waals surface area (Å²) >= 11 is 0. The van der Waals surface area contributed by atoms with Gasteiger partial charge in [0.25, 0.3) is 0 Å². The Morgan fingerprint density at radius 3 is 2.81 bits per heavy atom. The lowest BCUT2D eigenvalue weighted by molar-refractivity contribution is 0.0695. The van der Waals surface area contributed by atoms with E-state index in [1.165, 1.54) is 0 Å². The number of nitrogens with zero attached hydrogens (tertiary/aromatic N) is 4. The van der Waals surface area contributed by atoms with Crippen LogP contribution in [0.2, 0.25) is 0 Å². The van der Waals surface area contributed by atoms with Gasteiger partial charge in [0.1, 0.15) is 12.4 Å². The third kappa shape index (κ3) is 5.35. The predicted molar refractivity (Wildman–Crippen MR) is 141 cm³/mol. The molecule has 0 spiro atoms. The van der Waals surface area contributed by atoms with E-state index in [9.17, 15) is 15.0 Å². The Morgan fingerprint density at radius 2 is 2.05 bits per heavy atom. The molecule has 3 N–H and O–H groups in total. The van der Waals surface area contributed by atoms with Crippen molar-refractivity contribution in [1.29, 1.82) is 0 Å². The van der Waals surface area contributed by atoms with Crippen LogP contribution in [0.25, 0.3) is 11.6 Å². The average Bonchev–Trinajstić information content (AvgIpc) is 3.42. The molecule has 2 aliphatic rings. The summed E-state index contributed by atoms with van der Waals surface area (Å²) in [5.74, 6) is -0.536. The average molecular weight is 504 g/mol. The van der Waals surface area contributed by atoms with Gasteiger partial charge < -0.3 is 29.6 Å². The molecular weight excluding hydrogens is 474 g/mol. The summed E-state index contributed by atoms with van der Waals surface area (Å²) in [4.78, 5) is 25.1. The molecule has 192 valence electrons. The Hall–Kier alpha value is -4.15. The van der Waals surface area contributed by atoms with Crippen LogP contribution in [0, 0.1) is 6.92 Å². The molecule has 4 heterocycles. The largest absolute Gasteiger partial charge is 0.504 e. The number of aromatic carboxylic acids is 1. The molecule has 5 rings (SSSR count). The monoisotopic (exact) mass is 503 g/mol. The van der Waals surface area contributed by atoms with E-state index in [1.54, 1.807) is 30.6 Å². The number of anilines is 2. The normalized spacial score (nSPS) is 16.8. The van der Waals surface area contributed by atoms with Gasteiger partial charge in [0.15, 0.2) is 22.9 Å². The second-order valence-corrected chi connectivity index (χ2v) is 9.15. The zero-order valence-corrected chi connectivity index (χ0v) is 20.8. The number of furan rings is 1. The summed E-state index contributed by atoms with van der Waals surface area (Å²) in [6.45, 7) is 7.56. The van der Waals surface area contributed by atoms with E-state index in [0.717, 1.165) is 49.6 Å². The van der Waals surface area contributed by atoms with Gasteiger partial charge in [-0.25, -0.2) is 14.8 Å². The summed E-state index contributed by atoms with van der Waals surface area (Å²) in [5.41, 5.74) is 2.56. The highest BCUT2D eigenvalue weighted by molar-refractivity contribution is 6.21. The number of nitrogens with one attached hydrogen (secondary N) is 1. The summed E-state index contributed by atoms with van der Waals surface area (Å²) in [7, 11) is 2.13. The van der Waals surface area contributed by atoms with Gasteiger partial charge >= 0.3 is 5.97 Å². The number of hydrogen-bond donors (Lipinski definition) is 3. The van der Waals surface area contributed by atoms with Gasteiger partial charge in [-0.05, 0) is 55.9 Å². The fraction of sp³-hybridized carbons (Fsp3) is 0.296. The van der Waals surface area contributed by atoms with Crippen molar-refractivity contribution in [2.45, 2.75) is 6.92 Å². The first-order chi connectivity index (χ1) is 17.9. The van der Waals surface area contributed by atoms with Crippen LogP contribution in [-0.4, -0.2) is 83.6 Å². The highest BCUT2D eigenvalue weighted by atomic mass is 16.5. The number of carbonyl (C=O) groups is 1. The number of benzene rings is 1. The van der Waals surface area contributed by atoms with Crippen molar-refractivity contribution in [3.8, 4) is 11.5 Å². The molecule has 2 aliphatic heterocycles. The Morgan fingerprint density at radius 1 is 1.24 bits per heavy atom. The molecule has 37 heavy (non-hydrogen) atoms. The molecule has 1 saturated heterocycles. The number of fused-ring (bicyclic) bond motifs is 1. The van der Waals surface area contributed by atoms with Gasteiger partial charge in [-0.3, -0.25) is 4.90 Å². The number of rotatable bonds is 8. The standard InChI is InChI=1S/C27H29N5O5/c1-17-14-19(36-13-12-32-10-8-31(2)9-11-32)5-6-21(17)30-26-23(27(34)35)24(33)22(37-26)15-18-16-29-25-20(18)4-3-7-28-25/h3-7,14-16,30,33H,8-13H2,1-2H3,(H,34,35). The van der Waals surface area contributed by atoms with Crippen molar-refractivity contribution in [3.63, 3.8) is 0 Å². The Bertz CT molecular complexity index is 1370. The molecule has 0 bridgehead atoms. The lowest BCUT2D eigenvalue weighted by atomic mass is 10.1. The predicted octanol–water partition coefficient (Wildman–Crippen LogP) is 4.01. The van der Waals surface area contributed by atoms with Crippen LogP contribution in [0.5, 0.6) is 11.5 Å². The number of aliphatic imine (C=N–C) groups is 1. The van der Waals surface area contributed by atoms with Crippen LogP contribution in [0.4, 0.5) is 17.4 Å². The molecule has 1 fully saturated rings. The van der Waals surface area contributed by atoms with Gasteiger partial charge in [0.05, 0.1) is 0 Å². The van der Waals surface area contributed by atoms with Crippen LogP contribution >= 0.6 is 0 Å². The van der Waals surface area contributed by atoms with E-state index in [4.69, 9.17) is 9.15 Å². The van der Waals surface area contributed by atoms with Crippen molar-refractivity contribution in [2.75, 3.05) is 51.7 Å². The number of aromatic hydroxyl groups is 1. The third-order valence-electron chi connectivity index (χ3n) is 6.55. The summed E-state index contributed by atoms with van der Waals surface area (Å²) < 4.78 is 11.7. The van der Waals surface area contributed by atoms with Gasteiger partial charge in [-0.2, -0.15) is 0 Å². The van der Waals surface area contributed by atoms with E-state index in [-0.39, 0.29) is 17.2 Å². The minimum absolute atomic E-state index is 0.0135. The maximum atomic E-state index is 11.9. The Balaban J connectivity index is 1.30. The molecule has 10 nitrogen and oxygen atoms in total. The summed E-state index contributed by atoms with van der Waals surface area (Å²) in [5, 5.41) is 23.4. The van der Waals surface area contributed by atoms with E-state index >= 15 is 0 Å². The molecule has 0 amide bonds. The molecule has 3 aromatic rings. The number of carboxylic acids is 1. The number of piperazine rings is 1. The SMILES string of the molecule is Cc1cc(OCCN2CCN(C)CC2)ccc1Nc1oc(C=C2C=Nc3ncccc32)c(O)c1C(=O)O. The number of carboxylic acid groups (broad SMARTS) is 1.